The van der Waals surface area contributed by atoms with Crippen molar-refractivity contribution in [3.05, 3.63) is 89.8 Å². The Balaban J connectivity index is 0.000000261. The standard InChI is InChI=1S/C15H12O4.C6H6N2O/c16-11-4-1-10(2-5-11)3-8-14(18)13-7-6-12(17)9-15(13)19;7-6(9)5-1-3-8-4-2-5/h1-9,16-17,19H;1-4H,(H2,7,9)/b8-3+;. The lowest BCUT2D eigenvalue weighted by molar-refractivity contribution is 0.0998. The zero-order chi connectivity index (χ0) is 20.5. The molecule has 2 aromatic carbocycles. The van der Waals surface area contributed by atoms with Crippen LogP contribution in [0.3, 0.4) is 0 Å². The van der Waals surface area contributed by atoms with Crippen LogP contribution in [-0.4, -0.2) is 32.0 Å². The summed E-state index contributed by atoms with van der Waals surface area (Å²) >= 11 is 0. The van der Waals surface area contributed by atoms with Gasteiger partial charge < -0.3 is 21.1 Å². The molecule has 0 bridgehead atoms. The average Bonchev–Trinajstić information content (AvgIpc) is 2.68. The van der Waals surface area contributed by atoms with E-state index >= 15 is 0 Å². The Morgan fingerprint density at radius 3 is 2.00 bits per heavy atom. The van der Waals surface area contributed by atoms with Crippen molar-refractivity contribution in [1.82, 2.24) is 4.98 Å². The van der Waals surface area contributed by atoms with Crippen molar-refractivity contribution < 1.29 is 24.9 Å². The SMILES string of the molecule is NC(=O)c1ccncc1.O=C(/C=C/c1ccc(O)cc1)c1ccc(O)cc1O. The first kappa shape index (κ1) is 20.2. The quantitative estimate of drug-likeness (QED) is 0.407. The van der Waals surface area contributed by atoms with Gasteiger partial charge in [-0.2, -0.15) is 0 Å². The molecule has 0 spiro atoms. The molecule has 3 aromatic rings. The molecule has 28 heavy (non-hydrogen) atoms. The summed E-state index contributed by atoms with van der Waals surface area (Å²) in [6.07, 6.45) is 5.95. The van der Waals surface area contributed by atoms with Gasteiger partial charge in [0.2, 0.25) is 5.91 Å². The normalized spacial score (nSPS) is 10.1. The number of hydrogen-bond donors (Lipinski definition) is 4. The molecule has 0 atom stereocenters. The number of phenolic OH excluding ortho intramolecular Hbond substituents is 3. The van der Waals surface area contributed by atoms with Crippen molar-refractivity contribution in [3.8, 4) is 17.2 Å². The number of hydrogen-bond acceptors (Lipinski definition) is 6. The number of allylic oxidation sites excluding steroid dienone is 1. The number of aromatic nitrogens is 1. The number of aromatic hydroxyl groups is 3. The predicted octanol–water partition coefficient (Wildman–Crippen LogP) is 2.88. The molecule has 0 aliphatic carbocycles. The number of phenols is 3. The fourth-order valence-electron chi connectivity index (χ4n) is 2.09. The van der Waals surface area contributed by atoms with Gasteiger partial charge in [-0.05, 0) is 48.0 Å². The van der Waals surface area contributed by atoms with Gasteiger partial charge in [0.15, 0.2) is 5.78 Å². The van der Waals surface area contributed by atoms with Crippen LogP contribution in [0, 0.1) is 0 Å². The fraction of sp³-hybridized carbons (Fsp3) is 0. The van der Waals surface area contributed by atoms with E-state index in [2.05, 4.69) is 4.98 Å². The van der Waals surface area contributed by atoms with Gasteiger partial charge >= 0.3 is 0 Å². The van der Waals surface area contributed by atoms with Crippen molar-refractivity contribution >= 4 is 17.8 Å². The number of rotatable bonds is 4. The van der Waals surface area contributed by atoms with E-state index in [9.17, 15) is 14.7 Å². The number of primary amides is 1. The topological polar surface area (TPSA) is 134 Å². The Morgan fingerprint density at radius 1 is 0.857 bits per heavy atom. The lowest BCUT2D eigenvalue weighted by Gasteiger charge is -2.01. The van der Waals surface area contributed by atoms with Gasteiger partial charge in [-0.3, -0.25) is 14.6 Å². The summed E-state index contributed by atoms with van der Waals surface area (Å²) in [7, 11) is 0. The van der Waals surface area contributed by atoms with Crippen molar-refractivity contribution in [3.63, 3.8) is 0 Å². The average molecular weight is 378 g/mol. The third kappa shape index (κ3) is 5.99. The van der Waals surface area contributed by atoms with E-state index in [-0.39, 0.29) is 28.6 Å². The minimum atomic E-state index is -0.419. The number of ketones is 1. The lowest BCUT2D eigenvalue weighted by atomic mass is 10.1. The molecule has 0 saturated carbocycles. The Labute approximate surface area is 161 Å². The molecule has 1 aromatic heterocycles. The number of carbonyl (C=O) groups excluding carboxylic acids is 2. The highest BCUT2D eigenvalue weighted by Gasteiger charge is 2.08. The van der Waals surface area contributed by atoms with Crippen molar-refractivity contribution in [2.45, 2.75) is 0 Å². The van der Waals surface area contributed by atoms with Gasteiger partial charge in [-0.15, -0.1) is 0 Å². The number of carbonyl (C=O) groups is 2. The third-order valence-corrected chi connectivity index (χ3v) is 3.53. The van der Waals surface area contributed by atoms with E-state index in [0.29, 0.717) is 5.56 Å². The number of amides is 1. The van der Waals surface area contributed by atoms with Crippen molar-refractivity contribution in [2.24, 2.45) is 5.73 Å². The molecule has 0 fully saturated rings. The summed E-state index contributed by atoms with van der Waals surface area (Å²) in [6.45, 7) is 0. The van der Waals surface area contributed by atoms with E-state index < -0.39 is 5.91 Å². The zero-order valence-corrected chi connectivity index (χ0v) is 14.7. The van der Waals surface area contributed by atoms with Crippen LogP contribution in [0.25, 0.3) is 6.08 Å². The fourth-order valence-corrected chi connectivity index (χ4v) is 2.09. The molecule has 1 heterocycles. The molecule has 0 saturated heterocycles. The molecule has 1 amide bonds. The van der Waals surface area contributed by atoms with Crippen LogP contribution in [0.15, 0.2) is 73.1 Å². The van der Waals surface area contributed by atoms with Gasteiger partial charge in [-0.1, -0.05) is 18.2 Å². The van der Waals surface area contributed by atoms with Gasteiger partial charge in [0.25, 0.3) is 0 Å². The largest absolute Gasteiger partial charge is 0.508 e. The van der Waals surface area contributed by atoms with Gasteiger partial charge in [-0.25, -0.2) is 0 Å². The van der Waals surface area contributed by atoms with Crippen LogP contribution < -0.4 is 5.73 Å². The zero-order valence-electron chi connectivity index (χ0n) is 14.7. The molecule has 3 rings (SSSR count). The minimum Gasteiger partial charge on any atom is -0.508 e. The summed E-state index contributed by atoms with van der Waals surface area (Å²) in [4.78, 5) is 26.0. The van der Waals surface area contributed by atoms with Gasteiger partial charge in [0, 0.05) is 24.0 Å². The summed E-state index contributed by atoms with van der Waals surface area (Å²) < 4.78 is 0. The minimum absolute atomic E-state index is 0.100. The van der Waals surface area contributed by atoms with E-state index in [1.807, 2.05) is 0 Å². The van der Waals surface area contributed by atoms with Crippen LogP contribution in [0.2, 0.25) is 0 Å². The smallest absolute Gasteiger partial charge is 0.248 e. The summed E-state index contributed by atoms with van der Waals surface area (Å²) in [5.41, 5.74) is 6.31. The molecule has 5 N–H and O–H groups in total. The van der Waals surface area contributed by atoms with Crippen LogP contribution in [0.1, 0.15) is 26.3 Å². The molecule has 0 radical (unpaired) electrons. The lowest BCUT2D eigenvalue weighted by Crippen LogP contribution is -2.10. The maximum Gasteiger partial charge on any atom is 0.248 e. The highest BCUT2D eigenvalue weighted by atomic mass is 16.3. The van der Waals surface area contributed by atoms with Crippen LogP contribution in [0.5, 0.6) is 17.2 Å². The Hall–Kier alpha value is -4.13. The second kappa shape index (κ2) is 9.54. The van der Waals surface area contributed by atoms with Gasteiger partial charge in [0.05, 0.1) is 5.56 Å². The highest BCUT2D eigenvalue weighted by Crippen LogP contribution is 2.23. The van der Waals surface area contributed by atoms with E-state index in [0.717, 1.165) is 11.6 Å². The second-order valence-electron chi connectivity index (χ2n) is 5.59. The van der Waals surface area contributed by atoms with Crippen LogP contribution in [0.4, 0.5) is 0 Å². The number of benzene rings is 2. The molecule has 0 aliphatic rings. The predicted molar refractivity (Wildman–Crippen MR) is 104 cm³/mol. The highest BCUT2D eigenvalue weighted by molar-refractivity contribution is 6.08. The van der Waals surface area contributed by atoms with Crippen molar-refractivity contribution in [1.29, 1.82) is 0 Å². The number of nitrogens with zero attached hydrogens (tertiary/aromatic N) is 1. The monoisotopic (exact) mass is 378 g/mol. The van der Waals surface area contributed by atoms with E-state index in [1.54, 1.807) is 30.3 Å². The molecular formula is C21H18N2O5. The van der Waals surface area contributed by atoms with E-state index in [1.165, 1.54) is 42.7 Å². The maximum absolute atomic E-state index is 11.8. The molecule has 142 valence electrons. The van der Waals surface area contributed by atoms with E-state index in [4.69, 9.17) is 15.9 Å². The summed E-state index contributed by atoms with van der Waals surface area (Å²) in [6, 6.07) is 13.3. The molecule has 7 nitrogen and oxygen atoms in total. The maximum atomic E-state index is 11.8. The third-order valence-electron chi connectivity index (χ3n) is 3.53. The summed E-state index contributed by atoms with van der Waals surface area (Å²) in [5.74, 6) is -1.00. The molecule has 7 heteroatoms. The summed E-state index contributed by atoms with van der Waals surface area (Å²) in [5, 5.41) is 27.8. The second-order valence-corrected chi connectivity index (χ2v) is 5.59. The number of pyridine rings is 1. The molecule has 0 aliphatic heterocycles. The van der Waals surface area contributed by atoms with Gasteiger partial charge in [0.1, 0.15) is 17.2 Å². The Kier molecular flexibility index (Phi) is 6.87. The van der Waals surface area contributed by atoms with Crippen LogP contribution >= 0.6 is 0 Å². The first-order chi connectivity index (χ1) is 13.4. The van der Waals surface area contributed by atoms with Crippen LogP contribution in [-0.2, 0) is 0 Å². The van der Waals surface area contributed by atoms with Crippen molar-refractivity contribution in [2.75, 3.05) is 0 Å². The Bertz CT molecular complexity index is 983. The molecule has 0 unspecified atom stereocenters. The Morgan fingerprint density at radius 2 is 1.46 bits per heavy atom. The first-order valence-electron chi connectivity index (χ1n) is 8.10. The number of nitrogens with two attached hydrogens (primary N) is 1. The molecular weight excluding hydrogens is 360 g/mol. The first-order valence-corrected chi connectivity index (χ1v) is 8.10.